The molecule has 2 unspecified atom stereocenters. The molecule has 0 bridgehead atoms. The Morgan fingerprint density at radius 2 is 1.16 bits per heavy atom. The van der Waals surface area contributed by atoms with Crippen LogP contribution in [0.5, 0.6) is 0 Å². The quantitative estimate of drug-likeness (QED) is 0.156. The van der Waals surface area contributed by atoms with Crippen LogP contribution in [0.1, 0.15) is 50.7 Å². The van der Waals surface area contributed by atoms with Gasteiger partial charge >= 0.3 is 0 Å². The Hall–Kier alpha value is -4.78. The fourth-order valence-corrected chi connectivity index (χ4v) is 13.4. The summed E-state index contributed by atoms with van der Waals surface area (Å²) in [6.07, 6.45) is 4.94. The molecule has 3 nitrogen and oxygen atoms in total. The molecule has 286 valence electrons. The van der Waals surface area contributed by atoms with Crippen LogP contribution in [0.4, 0.5) is 45.5 Å². The first-order chi connectivity index (χ1) is 27.2. The minimum absolute atomic E-state index is 0.0508. The second kappa shape index (κ2) is 12.6. The maximum Gasteiger partial charge on any atom is 0.252 e. The van der Waals surface area contributed by atoms with Gasteiger partial charge in [0.05, 0.1) is 27.4 Å². The first-order valence-corrected chi connectivity index (χ1v) is 28.3. The van der Waals surface area contributed by atoms with Crippen LogP contribution in [-0.4, -0.2) is 28.4 Å². The molecule has 3 heterocycles. The Morgan fingerprint density at radius 1 is 0.579 bits per heavy atom. The second-order valence-electron chi connectivity index (χ2n) is 19.9. The molecule has 6 aromatic carbocycles. The molecule has 1 fully saturated rings. The molecule has 0 aromatic heterocycles. The number of nitrogens with zero attached hydrogens (tertiary/aromatic N) is 3. The van der Waals surface area contributed by atoms with Crippen LogP contribution in [0.15, 0.2) is 127 Å². The Labute approximate surface area is 343 Å². The number of fused-ring (bicyclic) bond motifs is 7. The van der Waals surface area contributed by atoms with Crippen molar-refractivity contribution in [3.63, 3.8) is 0 Å². The molecule has 0 radical (unpaired) electrons. The molecule has 3 aliphatic heterocycles. The number of rotatable bonds is 6. The average molecular weight is 778 g/mol. The fraction of sp³-hybridized carbons (Fsp3) is 0.294. The maximum atomic E-state index is 2.87. The zero-order chi connectivity index (χ0) is 39.6. The van der Waals surface area contributed by atoms with Crippen molar-refractivity contribution in [2.75, 3.05) is 14.7 Å². The van der Waals surface area contributed by atoms with Gasteiger partial charge in [-0.2, -0.15) is 0 Å². The molecule has 0 saturated heterocycles. The van der Waals surface area contributed by atoms with Gasteiger partial charge in [0.2, 0.25) is 0 Å². The molecule has 57 heavy (non-hydrogen) atoms. The van der Waals surface area contributed by atoms with E-state index in [2.05, 4.69) is 202 Å². The Kier molecular flexibility index (Phi) is 8.08. The van der Waals surface area contributed by atoms with Crippen molar-refractivity contribution in [3.05, 3.63) is 139 Å². The van der Waals surface area contributed by atoms with Crippen LogP contribution >= 0.6 is 0 Å². The zero-order valence-corrected chi connectivity index (χ0v) is 37.4. The van der Waals surface area contributed by atoms with Crippen LogP contribution in [-0.2, 0) is 5.41 Å². The van der Waals surface area contributed by atoms with Crippen molar-refractivity contribution in [2.45, 2.75) is 96.7 Å². The number of hydrogen-bond donors (Lipinski definition) is 0. The largest absolute Gasteiger partial charge is 0.335 e. The minimum Gasteiger partial charge on any atom is -0.335 e. The minimum atomic E-state index is -1.50. The number of benzene rings is 6. The van der Waals surface area contributed by atoms with Gasteiger partial charge in [0.25, 0.3) is 6.71 Å². The summed E-state index contributed by atoms with van der Waals surface area (Å²) >= 11 is 0. The Bertz CT molecular complexity index is 2500. The summed E-state index contributed by atoms with van der Waals surface area (Å²) < 4.78 is 0. The molecular weight excluding hydrogens is 722 g/mol. The van der Waals surface area contributed by atoms with Crippen molar-refractivity contribution in [1.82, 2.24) is 0 Å². The van der Waals surface area contributed by atoms with E-state index in [9.17, 15) is 0 Å². The number of aryl methyl sites for hydroxylation is 1. The van der Waals surface area contributed by atoms with Crippen LogP contribution in [0, 0.1) is 6.92 Å². The van der Waals surface area contributed by atoms with Gasteiger partial charge in [0.1, 0.15) is 0 Å². The highest BCUT2D eigenvalue weighted by Gasteiger charge is 2.61. The molecule has 6 aromatic rings. The smallest absolute Gasteiger partial charge is 0.252 e. The molecule has 0 spiro atoms. The number of anilines is 8. The van der Waals surface area contributed by atoms with Gasteiger partial charge in [0, 0.05) is 45.2 Å². The van der Waals surface area contributed by atoms with Crippen molar-refractivity contribution < 1.29 is 0 Å². The summed E-state index contributed by atoms with van der Waals surface area (Å²) in [6, 6.07) is 49.6. The first-order valence-electron chi connectivity index (χ1n) is 21.3. The SMILES string of the molecule is Cc1cc2c3c(c1)C1(C)CCCCC1(C)N3c1cc(N(c3ccc([Si](C)(C)C)cc3)c3ccc([Si](C)(C)C)cc3)cc3c1B2c1ccccc1N3c1ccccc1. The normalized spacial score (nSPS) is 20.5. The summed E-state index contributed by atoms with van der Waals surface area (Å²) in [5.41, 5.74) is 17.4. The van der Waals surface area contributed by atoms with E-state index in [1.54, 1.807) is 5.56 Å². The van der Waals surface area contributed by atoms with Gasteiger partial charge < -0.3 is 14.7 Å². The van der Waals surface area contributed by atoms with Gasteiger partial charge in [-0.05, 0) is 103 Å². The van der Waals surface area contributed by atoms with Crippen molar-refractivity contribution in [3.8, 4) is 0 Å². The molecule has 1 saturated carbocycles. The fourth-order valence-electron chi connectivity index (χ4n) is 11.1. The molecule has 1 aliphatic carbocycles. The standard InChI is InChI=1S/C51H56BN3Si2/c1-35-31-42-49-44(32-35)52-43-19-13-14-20-45(43)54(36-17-11-10-12-18-36)46-33-39(34-47(48(46)52)55(49)51(3)30-16-15-29-50(42,51)2)53(37-21-25-40(26-22-37)56(4,5)6)38-23-27-41(28-24-38)57(7,8)9/h10-14,17-28,31-34H,15-16,29-30H2,1-9H3. The third kappa shape index (κ3) is 5.35. The lowest BCUT2D eigenvalue weighted by molar-refractivity contribution is 0.195. The van der Waals surface area contributed by atoms with E-state index in [-0.39, 0.29) is 17.7 Å². The maximum absolute atomic E-state index is 2.87. The van der Waals surface area contributed by atoms with E-state index in [1.165, 1.54) is 104 Å². The highest BCUT2D eigenvalue weighted by molar-refractivity contribution is 7.00. The van der Waals surface area contributed by atoms with E-state index in [0.29, 0.717) is 0 Å². The van der Waals surface area contributed by atoms with Crippen molar-refractivity contribution >= 4 is 95.1 Å². The topological polar surface area (TPSA) is 9.72 Å². The molecule has 4 aliphatic rings. The van der Waals surface area contributed by atoms with Crippen LogP contribution in [0.25, 0.3) is 0 Å². The predicted octanol–water partition coefficient (Wildman–Crippen LogP) is 10.9. The Morgan fingerprint density at radius 3 is 1.79 bits per heavy atom. The molecule has 0 N–H and O–H groups in total. The summed E-state index contributed by atoms with van der Waals surface area (Å²) in [6.45, 7) is 22.3. The summed E-state index contributed by atoms with van der Waals surface area (Å²) in [4.78, 5) is 7.98. The molecule has 2 atom stereocenters. The average Bonchev–Trinajstić information content (AvgIpc) is 3.39. The number of hydrogen-bond acceptors (Lipinski definition) is 3. The molecular formula is C51H56BN3Si2. The summed E-state index contributed by atoms with van der Waals surface area (Å²) in [5.74, 6) is 0. The highest BCUT2D eigenvalue weighted by atomic mass is 28.3. The highest BCUT2D eigenvalue weighted by Crippen LogP contribution is 2.62. The predicted molar refractivity (Wildman–Crippen MR) is 254 cm³/mol. The first kappa shape index (κ1) is 36.6. The third-order valence-electron chi connectivity index (χ3n) is 14.3. The Balaban J connectivity index is 1.30. The van der Waals surface area contributed by atoms with Crippen LogP contribution < -0.4 is 41.5 Å². The van der Waals surface area contributed by atoms with Gasteiger partial charge in [0.15, 0.2) is 0 Å². The van der Waals surface area contributed by atoms with E-state index in [4.69, 9.17) is 0 Å². The lowest BCUT2D eigenvalue weighted by Crippen LogP contribution is -2.64. The van der Waals surface area contributed by atoms with Gasteiger partial charge in [-0.3, -0.25) is 0 Å². The monoisotopic (exact) mass is 777 g/mol. The van der Waals surface area contributed by atoms with Crippen molar-refractivity contribution in [2.24, 2.45) is 0 Å². The molecule has 0 amide bonds. The van der Waals surface area contributed by atoms with Gasteiger partial charge in [-0.25, -0.2) is 0 Å². The lowest BCUT2D eigenvalue weighted by Gasteiger charge is -2.53. The van der Waals surface area contributed by atoms with Gasteiger partial charge in [-0.1, -0.05) is 148 Å². The lowest BCUT2D eigenvalue weighted by atomic mass is 9.33. The van der Waals surface area contributed by atoms with Crippen LogP contribution in [0.3, 0.4) is 0 Å². The van der Waals surface area contributed by atoms with Crippen molar-refractivity contribution in [1.29, 1.82) is 0 Å². The van der Waals surface area contributed by atoms with Crippen LogP contribution in [0.2, 0.25) is 39.3 Å². The summed E-state index contributed by atoms with van der Waals surface area (Å²) in [5, 5.41) is 2.97. The zero-order valence-electron chi connectivity index (χ0n) is 35.4. The van der Waals surface area contributed by atoms with E-state index in [0.717, 1.165) is 0 Å². The third-order valence-corrected chi connectivity index (χ3v) is 18.5. The van der Waals surface area contributed by atoms with E-state index in [1.807, 2.05) is 0 Å². The molecule has 6 heteroatoms. The molecule has 10 rings (SSSR count). The van der Waals surface area contributed by atoms with E-state index < -0.39 is 16.1 Å². The van der Waals surface area contributed by atoms with Gasteiger partial charge in [-0.15, -0.1) is 0 Å². The summed E-state index contributed by atoms with van der Waals surface area (Å²) in [7, 11) is -3.00. The second-order valence-corrected chi connectivity index (χ2v) is 30.0. The number of para-hydroxylation sites is 2. The van der Waals surface area contributed by atoms with E-state index >= 15 is 0 Å².